The number of hydrogen-bond donors (Lipinski definition) is 2. The molecule has 1 fully saturated rings. The second-order valence-corrected chi connectivity index (χ2v) is 6.66. The second kappa shape index (κ2) is 8.78. The van der Waals surface area contributed by atoms with Crippen LogP contribution in [0.15, 0.2) is 0 Å². The Balaban J connectivity index is 1.87. The molecule has 1 saturated heterocycles. The number of aliphatic hydroxyl groups excluding tert-OH is 2. The number of rotatable bonds is 8. The van der Waals surface area contributed by atoms with E-state index in [2.05, 4.69) is 35.8 Å². The van der Waals surface area contributed by atoms with Crippen LogP contribution in [0.2, 0.25) is 0 Å². The number of hydrogen-bond acceptors (Lipinski definition) is 5. The number of aryl methyl sites for hydroxylation is 1. The molecule has 1 aromatic heterocycles. The molecule has 0 bridgehead atoms. The normalized spacial score (nSPS) is 17.3. The van der Waals surface area contributed by atoms with Crippen molar-refractivity contribution in [1.82, 2.24) is 19.6 Å². The number of piperidine rings is 1. The van der Waals surface area contributed by atoms with E-state index in [1.165, 1.54) is 24.1 Å². The Morgan fingerprint density at radius 1 is 1.17 bits per heavy atom. The lowest BCUT2D eigenvalue weighted by Crippen LogP contribution is -2.43. The molecule has 0 spiro atoms. The van der Waals surface area contributed by atoms with Crippen LogP contribution in [-0.2, 0) is 13.1 Å². The first-order chi connectivity index (χ1) is 11.1. The van der Waals surface area contributed by atoms with E-state index in [1.807, 2.05) is 4.68 Å². The predicted octanol–water partition coefficient (Wildman–Crippen LogP) is 0.771. The molecule has 1 aliphatic rings. The highest BCUT2D eigenvalue weighted by Crippen LogP contribution is 2.21. The minimum Gasteiger partial charge on any atom is -0.396 e. The lowest BCUT2D eigenvalue weighted by atomic mass is 10.0. The third-order valence-electron chi connectivity index (χ3n) is 5.07. The van der Waals surface area contributed by atoms with Crippen molar-refractivity contribution < 1.29 is 10.2 Å². The molecular weight excluding hydrogens is 292 g/mol. The van der Waals surface area contributed by atoms with Gasteiger partial charge in [0.1, 0.15) is 0 Å². The Morgan fingerprint density at radius 3 is 2.48 bits per heavy atom. The average molecular weight is 324 g/mol. The summed E-state index contributed by atoms with van der Waals surface area (Å²) in [7, 11) is 2.17. The molecule has 23 heavy (non-hydrogen) atoms. The van der Waals surface area contributed by atoms with Gasteiger partial charge in [0.05, 0.1) is 18.8 Å². The first kappa shape index (κ1) is 18.4. The first-order valence-electron chi connectivity index (χ1n) is 8.74. The topological polar surface area (TPSA) is 64.8 Å². The first-order valence-corrected chi connectivity index (χ1v) is 8.74. The fourth-order valence-corrected chi connectivity index (χ4v) is 3.52. The highest BCUT2D eigenvalue weighted by molar-refractivity contribution is 5.24. The van der Waals surface area contributed by atoms with Gasteiger partial charge in [-0.25, -0.2) is 0 Å². The van der Waals surface area contributed by atoms with Crippen molar-refractivity contribution >= 4 is 0 Å². The summed E-state index contributed by atoms with van der Waals surface area (Å²) >= 11 is 0. The summed E-state index contributed by atoms with van der Waals surface area (Å²) in [5.74, 6) is 0. The minimum absolute atomic E-state index is 0.132. The van der Waals surface area contributed by atoms with Gasteiger partial charge in [0.25, 0.3) is 0 Å². The summed E-state index contributed by atoms with van der Waals surface area (Å²) in [6.45, 7) is 9.29. The van der Waals surface area contributed by atoms with Gasteiger partial charge in [-0.05, 0) is 53.2 Å². The third-order valence-corrected chi connectivity index (χ3v) is 5.07. The monoisotopic (exact) mass is 324 g/mol. The van der Waals surface area contributed by atoms with Crippen LogP contribution in [0.1, 0.15) is 36.2 Å². The van der Waals surface area contributed by atoms with E-state index in [1.54, 1.807) is 0 Å². The van der Waals surface area contributed by atoms with Crippen LogP contribution < -0.4 is 0 Å². The van der Waals surface area contributed by atoms with Crippen LogP contribution in [0, 0.1) is 13.8 Å². The van der Waals surface area contributed by atoms with Gasteiger partial charge in [0.15, 0.2) is 0 Å². The minimum atomic E-state index is 0.132. The molecule has 1 aromatic rings. The van der Waals surface area contributed by atoms with Crippen LogP contribution in [0.4, 0.5) is 0 Å². The van der Waals surface area contributed by atoms with Gasteiger partial charge in [-0.1, -0.05) is 0 Å². The largest absolute Gasteiger partial charge is 0.396 e. The van der Waals surface area contributed by atoms with Gasteiger partial charge in [0.2, 0.25) is 0 Å². The zero-order valence-electron chi connectivity index (χ0n) is 14.8. The highest BCUT2D eigenvalue weighted by Gasteiger charge is 2.23. The molecule has 6 heteroatoms. The molecule has 0 aliphatic carbocycles. The van der Waals surface area contributed by atoms with E-state index in [9.17, 15) is 0 Å². The molecule has 0 unspecified atom stereocenters. The molecule has 0 atom stereocenters. The zero-order valence-corrected chi connectivity index (χ0v) is 14.8. The molecule has 2 rings (SSSR count). The maximum Gasteiger partial charge on any atom is 0.0644 e. The van der Waals surface area contributed by atoms with Crippen molar-refractivity contribution in [2.75, 3.05) is 39.9 Å². The van der Waals surface area contributed by atoms with Crippen molar-refractivity contribution in [3.63, 3.8) is 0 Å². The molecule has 0 aromatic carbocycles. The van der Waals surface area contributed by atoms with Crippen LogP contribution >= 0.6 is 0 Å². The Kier molecular flexibility index (Phi) is 7.02. The number of likely N-dealkylation sites (tertiary alicyclic amines) is 1. The molecular formula is C17H32N4O2. The summed E-state index contributed by atoms with van der Waals surface area (Å²) in [5.41, 5.74) is 3.57. The van der Waals surface area contributed by atoms with Gasteiger partial charge in [-0.3, -0.25) is 9.58 Å². The van der Waals surface area contributed by atoms with Crippen LogP contribution in [0.5, 0.6) is 0 Å². The maximum absolute atomic E-state index is 9.12. The van der Waals surface area contributed by atoms with E-state index in [0.29, 0.717) is 12.6 Å². The van der Waals surface area contributed by atoms with Crippen LogP contribution in [0.25, 0.3) is 0 Å². The third kappa shape index (κ3) is 4.76. The lowest BCUT2D eigenvalue weighted by molar-refractivity contribution is 0.117. The van der Waals surface area contributed by atoms with Crippen LogP contribution in [0.3, 0.4) is 0 Å². The van der Waals surface area contributed by atoms with Gasteiger partial charge in [0, 0.05) is 37.0 Å². The quantitative estimate of drug-likeness (QED) is 0.739. The van der Waals surface area contributed by atoms with Gasteiger partial charge in [-0.15, -0.1) is 0 Å². The summed E-state index contributed by atoms with van der Waals surface area (Å²) in [6, 6.07) is 0.636. The van der Waals surface area contributed by atoms with Gasteiger partial charge < -0.3 is 15.1 Å². The number of aromatic nitrogens is 2. The van der Waals surface area contributed by atoms with Crippen LogP contribution in [-0.4, -0.2) is 75.7 Å². The standard InChI is InChI=1S/C17H32N4O2/c1-14-17(15(2)21(18-14)10-12-23)13-20-8-5-16(6-9-20)19(3)7-4-11-22/h16,22-23H,4-13H2,1-3H3. The Morgan fingerprint density at radius 2 is 1.87 bits per heavy atom. The zero-order chi connectivity index (χ0) is 16.8. The van der Waals surface area contributed by atoms with E-state index in [4.69, 9.17) is 10.2 Å². The Labute approximate surface area is 139 Å². The average Bonchev–Trinajstić information content (AvgIpc) is 2.81. The molecule has 0 radical (unpaired) electrons. The van der Waals surface area contributed by atoms with Crippen molar-refractivity contribution in [3.05, 3.63) is 17.0 Å². The summed E-state index contributed by atoms with van der Waals surface area (Å²) in [6.07, 6.45) is 3.23. The Hall–Kier alpha value is -0.950. The summed E-state index contributed by atoms with van der Waals surface area (Å²) in [5, 5.41) is 22.6. The van der Waals surface area contributed by atoms with E-state index >= 15 is 0 Å². The molecule has 0 amide bonds. The SMILES string of the molecule is Cc1nn(CCO)c(C)c1CN1CCC(N(C)CCCO)CC1. The molecule has 2 heterocycles. The highest BCUT2D eigenvalue weighted by atomic mass is 16.3. The molecule has 1 aliphatic heterocycles. The fourth-order valence-electron chi connectivity index (χ4n) is 3.52. The molecule has 6 nitrogen and oxygen atoms in total. The number of nitrogens with zero attached hydrogens (tertiary/aromatic N) is 4. The van der Waals surface area contributed by atoms with Crippen molar-refractivity contribution in [2.24, 2.45) is 0 Å². The number of aliphatic hydroxyl groups is 2. The van der Waals surface area contributed by atoms with Crippen molar-refractivity contribution in [2.45, 2.75) is 52.2 Å². The molecule has 2 N–H and O–H groups in total. The summed E-state index contributed by atoms with van der Waals surface area (Å²) in [4.78, 5) is 4.90. The lowest BCUT2D eigenvalue weighted by Gasteiger charge is -2.36. The van der Waals surface area contributed by atoms with Crippen molar-refractivity contribution in [3.8, 4) is 0 Å². The van der Waals surface area contributed by atoms with E-state index in [0.717, 1.165) is 38.3 Å². The van der Waals surface area contributed by atoms with E-state index in [-0.39, 0.29) is 13.2 Å². The summed E-state index contributed by atoms with van der Waals surface area (Å²) < 4.78 is 1.92. The Bertz CT molecular complexity index is 481. The molecule has 132 valence electrons. The van der Waals surface area contributed by atoms with Gasteiger partial charge >= 0.3 is 0 Å². The fraction of sp³-hybridized carbons (Fsp3) is 0.824. The smallest absolute Gasteiger partial charge is 0.0644 e. The predicted molar refractivity (Wildman–Crippen MR) is 91.4 cm³/mol. The maximum atomic E-state index is 9.12. The second-order valence-electron chi connectivity index (χ2n) is 6.66. The molecule has 0 saturated carbocycles. The van der Waals surface area contributed by atoms with Crippen molar-refractivity contribution in [1.29, 1.82) is 0 Å². The van der Waals surface area contributed by atoms with E-state index < -0.39 is 0 Å². The van der Waals surface area contributed by atoms with Gasteiger partial charge in [-0.2, -0.15) is 5.10 Å².